The normalized spacial score (nSPS) is 18.8. The number of carbonyl (C=O) groups excluding carboxylic acids is 2. The standard InChI is InChI=1S/C18H25Cl2N3O2/c1-3-5-12(2)21-17(24)11-23-9-4-6-16(23)18(25)22-15-10-13(19)7-8-14(15)20/h7-8,10,12,16H,3-6,9,11H2,1-2H3,(H,21,24)(H,22,25). The van der Waals surface area contributed by atoms with Crippen molar-refractivity contribution in [1.82, 2.24) is 10.2 Å². The Balaban J connectivity index is 1.94. The lowest BCUT2D eigenvalue weighted by atomic mass is 10.2. The van der Waals surface area contributed by atoms with Crippen molar-refractivity contribution in [3.05, 3.63) is 28.2 Å². The van der Waals surface area contributed by atoms with Crippen LogP contribution in [0.15, 0.2) is 18.2 Å². The third kappa shape index (κ3) is 5.87. The first-order valence-electron chi connectivity index (χ1n) is 8.70. The Morgan fingerprint density at radius 1 is 1.36 bits per heavy atom. The number of benzene rings is 1. The van der Waals surface area contributed by atoms with Gasteiger partial charge in [-0.05, 0) is 50.9 Å². The van der Waals surface area contributed by atoms with E-state index in [0.29, 0.717) is 15.7 Å². The number of nitrogens with one attached hydrogen (secondary N) is 2. The topological polar surface area (TPSA) is 61.4 Å². The average Bonchev–Trinajstić information content (AvgIpc) is 2.99. The van der Waals surface area contributed by atoms with Gasteiger partial charge in [-0.1, -0.05) is 36.5 Å². The molecule has 1 aliphatic rings. The molecule has 1 fully saturated rings. The summed E-state index contributed by atoms with van der Waals surface area (Å²) in [6, 6.07) is 4.76. The molecule has 138 valence electrons. The highest BCUT2D eigenvalue weighted by atomic mass is 35.5. The first-order valence-corrected chi connectivity index (χ1v) is 9.45. The summed E-state index contributed by atoms with van der Waals surface area (Å²) in [6.07, 6.45) is 3.58. The van der Waals surface area contributed by atoms with Gasteiger partial charge in [0.2, 0.25) is 11.8 Å². The van der Waals surface area contributed by atoms with Crippen LogP contribution >= 0.6 is 23.2 Å². The van der Waals surface area contributed by atoms with Gasteiger partial charge in [-0.25, -0.2) is 0 Å². The first kappa shape index (κ1) is 20.0. The molecule has 2 rings (SSSR count). The van der Waals surface area contributed by atoms with Crippen molar-refractivity contribution in [3.63, 3.8) is 0 Å². The summed E-state index contributed by atoms with van der Waals surface area (Å²) < 4.78 is 0. The molecule has 1 aromatic carbocycles. The minimum absolute atomic E-state index is 0.0403. The summed E-state index contributed by atoms with van der Waals surface area (Å²) in [5, 5.41) is 6.76. The predicted octanol–water partition coefficient (Wildman–Crippen LogP) is 3.70. The van der Waals surface area contributed by atoms with Gasteiger partial charge in [-0.15, -0.1) is 0 Å². The van der Waals surface area contributed by atoms with E-state index in [2.05, 4.69) is 17.6 Å². The molecule has 0 bridgehead atoms. The Morgan fingerprint density at radius 3 is 2.84 bits per heavy atom. The minimum atomic E-state index is -0.331. The van der Waals surface area contributed by atoms with Crippen LogP contribution in [0.25, 0.3) is 0 Å². The second kappa shape index (κ2) is 9.41. The Bertz CT molecular complexity index is 624. The fourth-order valence-corrected chi connectivity index (χ4v) is 3.47. The Morgan fingerprint density at radius 2 is 2.12 bits per heavy atom. The summed E-state index contributed by atoms with van der Waals surface area (Å²) in [4.78, 5) is 26.7. The summed E-state index contributed by atoms with van der Waals surface area (Å²) in [5.41, 5.74) is 0.493. The van der Waals surface area contributed by atoms with Crippen molar-refractivity contribution < 1.29 is 9.59 Å². The van der Waals surface area contributed by atoms with Crippen LogP contribution in [0.3, 0.4) is 0 Å². The van der Waals surface area contributed by atoms with Crippen LogP contribution in [-0.2, 0) is 9.59 Å². The molecule has 2 N–H and O–H groups in total. The van der Waals surface area contributed by atoms with Crippen LogP contribution in [0.1, 0.15) is 39.5 Å². The molecule has 2 unspecified atom stereocenters. The zero-order valence-corrected chi connectivity index (χ0v) is 16.2. The van der Waals surface area contributed by atoms with E-state index in [0.717, 1.165) is 32.2 Å². The van der Waals surface area contributed by atoms with E-state index in [4.69, 9.17) is 23.2 Å². The average molecular weight is 386 g/mol. The van der Waals surface area contributed by atoms with Crippen LogP contribution in [0.2, 0.25) is 10.0 Å². The third-order valence-electron chi connectivity index (χ3n) is 4.33. The maximum atomic E-state index is 12.6. The van der Waals surface area contributed by atoms with Crippen molar-refractivity contribution in [2.75, 3.05) is 18.4 Å². The maximum Gasteiger partial charge on any atom is 0.241 e. The first-order chi connectivity index (χ1) is 11.9. The number of carbonyl (C=O) groups is 2. The lowest BCUT2D eigenvalue weighted by Crippen LogP contribution is -2.46. The van der Waals surface area contributed by atoms with E-state index < -0.39 is 0 Å². The van der Waals surface area contributed by atoms with Gasteiger partial charge in [0, 0.05) is 11.1 Å². The minimum Gasteiger partial charge on any atom is -0.353 e. The molecule has 0 aromatic heterocycles. The molecule has 2 amide bonds. The van der Waals surface area contributed by atoms with Gasteiger partial charge in [0.15, 0.2) is 0 Å². The molecule has 1 heterocycles. The molecule has 7 heteroatoms. The number of amides is 2. The molecule has 1 aromatic rings. The van der Waals surface area contributed by atoms with E-state index in [9.17, 15) is 9.59 Å². The van der Waals surface area contributed by atoms with Gasteiger partial charge in [0.1, 0.15) is 0 Å². The molecule has 0 spiro atoms. The second-order valence-electron chi connectivity index (χ2n) is 6.50. The van der Waals surface area contributed by atoms with Crippen molar-refractivity contribution >= 4 is 40.7 Å². The van der Waals surface area contributed by atoms with E-state index in [1.807, 2.05) is 11.8 Å². The SMILES string of the molecule is CCCC(C)NC(=O)CN1CCCC1C(=O)Nc1cc(Cl)ccc1Cl. The van der Waals surface area contributed by atoms with Crippen LogP contribution in [-0.4, -0.2) is 41.9 Å². The Labute approximate surface area is 159 Å². The molecule has 25 heavy (non-hydrogen) atoms. The van der Waals surface area contributed by atoms with E-state index in [-0.39, 0.29) is 30.4 Å². The smallest absolute Gasteiger partial charge is 0.241 e. The quantitative estimate of drug-likeness (QED) is 0.751. The predicted molar refractivity (Wildman–Crippen MR) is 102 cm³/mol. The van der Waals surface area contributed by atoms with Gasteiger partial charge in [0.05, 0.1) is 23.3 Å². The molecule has 1 saturated heterocycles. The Kier molecular flexibility index (Phi) is 7.54. The van der Waals surface area contributed by atoms with Gasteiger partial charge in [-0.2, -0.15) is 0 Å². The summed E-state index contributed by atoms with van der Waals surface area (Å²) in [6.45, 7) is 5.05. The highest BCUT2D eigenvalue weighted by Crippen LogP contribution is 2.27. The number of rotatable bonds is 7. The Hall–Kier alpha value is -1.30. The lowest BCUT2D eigenvalue weighted by molar-refractivity contribution is -0.125. The van der Waals surface area contributed by atoms with Crippen LogP contribution in [0, 0.1) is 0 Å². The molecular weight excluding hydrogens is 361 g/mol. The van der Waals surface area contributed by atoms with Crippen molar-refractivity contribution in [3.8, 4) is 0 Å². The molecule has 0 aliphatic carbocycles. The zero-order chi connectivity index (χ0) is 18.4. The fourth-order valence-electron chi connectivity index (χ4n) is 3.13. The van der Waals surface area contributed by atoms with Gasteiger partial charge >= 0.3 is 0 Å². The zero-order valence-electron chi connectivity index (χ0n) is 14.6. The van der Waals surface area contributed by atoms with E-state index >= 15 is 0 Å². The number of hydrogen-bond acceptors (Lipinski definition) is 3. The highest BCUT2D eigenvalue weighted by Gasteiger charge is 2.32. The monoisotopic (exact) mass is 385 g/mol. The van der Waals surface area contributed by atoms with Gasteiger partial charge in [-0.3, -0.25) is 14.5 Å². The molecule has 0 radical (unpaired) electrons. The second-order valence-corrected chi connectivity index (χ2v) is 7.34. The number of nitrogens with zero attached hydrogens (tertiary/aromatic N) is 1. The highest BCUT2D eigenvalue weighted by molar-refractivity contribution is 6.35. The van der Waals surface area contributed by atoms with Crippen LogP contribution in [0.5, 0.6) is 0 Å². The fraction of sp³-hybridized carbons (Fsp3) is 0.556. The van der Waals surface area contributed by atoms with Gasteiger partial charge < -0.3 is 10.6 Å². The van der Waals surface area contributed by atoms with Crippen molar-refractivity contribution in [2.45, 2.75) is 51.6 Å². The largest absolute Gasteiger partial charge is 0.353 e. The number of halogens is 2. The lowest BCUT2D eigenvalue weighted by Gasteiger charge is -2.24. The molecule has 5 nitrogen and oxygen atoms in total. The maximum absolute atomic E-state index is 12.6. The number of hydrogen-bond donors (Lipinski definition) is 2. The summed E-state index contributed by atoms with van der Waals surface area (Å²) in [7, 11) is 0. The third-order valence-corrected chi connectivity index (χ3v) is 4.89. The number of anilines is 1. The van der Waals surface area contributed by atoms with Crippen LogP contribution in [0.4, 0.5) is 5.69 Å². The van der Waals surface area contributed by atoms with Crippen LogP contribution < -0.4 is 10.6 Å². The summed E-state index contributed by atoms with van der Waals surface area (Å²) in [5.74, 6) is -0.197. The molecule has 0 saturated carbocycles. The molecule has 1 aliphatic heterocycles. The van der Waals surface area contributed by atoms with E-state index in [1.165, 1.54) is 0 Å². The van der Waals surface area contributed by atoms with Gasteiger partial charge in [0.25, 0.3) is 0 Å². The van der Waals surface area contributed by atoms with E-state index in [1.54, 1.807) is 18.2 Å². The molecular formula is C18H25Cl2N3O2. The van der Waals surface area contributed by atoms with Crippen molar-refractivity contribution in [1.29, 1.82) is 0 Å². The summed E-state index contributed by atoms with van der Waals surface area (Å²) >= 11 is 12.1. The number of likely N-dealkylation sites (tertiary alicyclic amines) is 1. The van der Waals surface area contributed by atoms with Crippen molar-refractivity contribution in [2.24, 2.45) is 0 Å². The molecule has 2 atom stereocenters.